The molecule has 1 atom stereocenters. The van der Waals surface area contributed by atoms with Crippen molar-refractivity contribution >= 4 is 5.91 Å². The molecule has 140 valence electrons. The molecule has 25 heavy (non-hydrogen) atoms. The van der Waals surface area contributed by atoms with Gasteiger partial charge in [-0.25, -0.2) is 9.48 Å². The molecule has 1 aliphatic heterocycles. The summed E-state index contributed by atoms with van der Waals surface area (Å²) in [4.78, 5) is 27.0. The van der Waals surface area contributed by atoms with Gasteiger partial charge in [0.05, 0.1) is 0 Å². The molecule has 1 saturated heterocycles. The van der Waals surface area contributed by atoms with Gasteiger partial charge in [0.2, 0.25) is 5.91 Å². The summed E-state index contributed by atoms with van der Waals surface area (Å²) in [5.74, 6) is 2.05. The molecule has 0 N–H and O–H groups in total. The third kappa shape index (κ3) is 3.98. The van der Waals surface area contributed by atoms with Gasteiger partial charge in [-0.2, -0.15) is 5.10 Å². The minimum absolute atomic E-state index is 0.0605. The molecule has 1 amide bonds. The molecule has 0 aromatic carbocycles. The maximum Gasteiger partial charge on any atom is 0.345 e. The van der Waals surface area contributed by atoms with Gasteiger partial charge in [-0.3, -0.25) is 9.36 Å². The van der Waals surface area contributed by atoms with E-state index >= 15 is 0 Å². The predicted octanol–water partition coefficient (Wildman–Crippen LogP) is 2.84. The summed E-state index contributed by atoms with van der Waals surface area (Å²) in [6, 6.07) is 0.0876. The first-order valence-corrected chi connectivity index (χ1v) is 9.90. The van der Waals surface area contributed by atoms with Crippen molar-refractivity contribution < 1.29 is 4.79 Å². The quantitative estimate of drug-likeness (QED) is 0.822. The number of hydrogen-bond acceptors (Lipinski definition) is 3. The number of aromatic nitrogens is 3. The van der Waals surface area contributed by atoms with Gasteiger partial charge >= 0.3 is 5.69 Å². The second-order valence-corrected chi connectivity index (χ2v) is 8.10. The van der Waals surface area contributed by atoms with Crippen LogP contribution in [0.3, 0.4) is 0 Å². The van der Waals surface area contributed by atoms with Crippen molar-refractivity contribution in [3.63, 3.8) is 0 Å². The van der Waals surface area contributed by atoms with Crippen molar-refractivity contribution in [1.29, 1.82) is 0 Å². The van der Waals surface area contributed by atoms with E-state index in [2.05, 4.69) is 5.10 Å². The number of piperidine rings is 1. The molecule has 0 radical (unpaired) electrons. The highest BCUT2D eigenvalue weighted by Gasteiger charge is 2.30. The van der Waals surface area contributed by atoms with Gasteiger partial charge in [0, 0.05) is 38.5 Å². The van der Waals surface area contributed by atoms with Gasteiger partial charge in [-0.05, 0) is 39.0 Å². The first-order chi connectivity index (χ1) is 12.0. The maximum atomic E-state index is 12.7. The molecule has 6 heteroatoms. The molecule has 1 unspecified atom stereocenters. The smallest absolute Gasteiger partial charge is 0.342 e. The molecule has 0 bridgehead atoms. The topological polar surface area (TPSA) is 60.1 Å². The van der Waals surface area contributed by atoms with Crippen LogP contribution in [0.25, 0.3) is 0 Å². The second kappa shape index (κ2) is 7.75. The van der Waals surface area contributed by atoms with Gasteiger partial charge in [0.1, 0.15) is 5.82 Å². The summed E-state index contributed by atoms with van der Waals surface area (Å²) >= 11 is 0. The van der Waals surface area contributed by atoms with Crippen LogP contribution in [0.15, 0.2) is 4.79 Å². The molecule has 2 heterocycles. The largest absolute Gasteiger partial charge is 0.345 e. The molecule has 1 aliphatic carbocycles. The monoisotopic (exact) mass is 348 g/mol. The Morgan fingerprint density at radius 3 is 2.60 bits per heavy atom. The standard InChI is InChI=1S/C19H32N4O2/c1-14(2)23-18(20-21(3)19(23)25)16-9-6-12-22(13-16)17(24)11-10-15-7-4-5-8-15/h14-16H,4-13H2,1-3H3. The molecule has 1 aromatic rings. The van der Waals surface area contributed by atoms with Crippen LogP contribution in [0, 0.1) is 5.92 Å². The third-order valence-corrected chi connectivity index (χ3v) is 5.88. The van der Waals surface area contributed by atoms with Gasteiger partial charge in [0.25, 0.3) is 0 Å². The minimum Gasteiger partial charge on any atom is -0.342 e. The molecule has 1 saturated carbocycles. The van der Waals surface area contributed by atoms with E-state index < -0.39 is 0 Å². The highest BCUT2D eigenvalue weighted by molar-refractivity contribution is 5.76. The van der Waals surface area contributed by atoms with Crippen LogP contribution < -0.4 is 5.69 Å². The molecule has 0 spiro atoms. The predicted molar refractivity (Wildman–Crippen MR) is 97.6 cm³/mol. The lowest BCUT2D eigenvalue weighted by molar-refractivity contribution is -0.132. The lowest BCUT2D eigenvalue weighted by Crippen LogP contribution is -2.40. The van der Waals surface area contributed by atoms with E-state index in [0.29, 0.717) is 13.0 Å². The van der Waals surface area contributed by atoms with E-state index in [4.69, 9.17) is 0 Å². The first-order valence-electron chi connectivity index (χ1n) is 9.90. The van der Waals surface area contributed by atoms with Crippen molar-refractivity contribution in [3.05, 3.63) is 16.3 Å². The highest BCUT2D eigenvalue weighted by atomic mass is 16.2. The molecule has 6 nitrogen and oxygen atoms in total. The zero-order valence-electron chi connectivity index (χ0n) is 15.9. The van der Waals surface area contributed by atoms with Crippen LogP contribution in [-0.2, 0) is 11.8 Å². The molecule has 3 rings (SSSR count). The van der Waals surface area contributed by atoms with Crippen LogP contribution in [0.4, 0.5) is 0 Å². The Morgan fingerprint density at radius 2 is 1.92 bits per heavy atom. The fraction of sp³-hybridized carbons (Fsp3) is 0.842. The van der Waals surface area contributed by atoms with Gasteiger partial charge < -0.3 is 4.90 Å². The summed E-state index contributed by atoms with van der Waals surface area (Å²) in [7, 11) is 1.71. The zero-order chi connectivity index (χ0) is 18.0. The number of rotatable bonds is 5. The Bertz CT molecular complexity index is 655. The second-order valence-electron chi connectivity index (χ2n) is 8.10. The normalized spacial score (nSPS) is 22.1. The minimum atomic E-state index is -0.0605. The van der Waals surface area contributed by atoms with Crippen molar-refractivity contribution in [3.8, 4) is 0 Å². The van der Waals surface area contributed by atoms with Crippen molar-refractivity contribution in [2.24, 2.45) is 13.0 Å². The molecule has 2 fully saturated rings. The summed E-state index contributed by atoms with van der Waals surface area (Å²) in [6.07, 6.45) is 8.96. The van der Waals surface area contributed by atoms with E-state index in [1.54, 1.807) is 11.6 Å². The van der Waals surface area contributed by atoms with E-state index in [1.807, 2.05) is 18.7 Å². The van der Waals surface area contributed by atoms with E-state index in [-0.39, 0.29) is 23.6 Å². The molecular weight excluding hydrogens is 316 g/mol. The number of carbonyl (C=O) groups excluding carboxylic acids is 1. The van der Waals surface area contributed by atoms with Crippen molar-refractivity contribution in [2.45, 2.75) is 77.2 Å². The molecular formula is C19H32N4O2. The fourth-order valence-corrected chi connectivity index (χ4v) is 4.46. The first kappa shape index (κ1) is 18.2. The number of amides is 1. The Kier molecular flexibility index (Phi) is 5.64. The average molecular weight is 348 g/mol. The maximum absolute atomic E-state index is 12.7. The van der Waals surface area contributed by atoms with Crippen LogP contribution in [0.2, 0.25) is 0 Å². The van der Waals surface area contributed by atoms with E-state index in [1.165, 1.54) is 30.4 Å². The Morgan fingerprint density at radius 1 is 1.20 bits per heavy atom. The number of carbonyl (C=O) groups is 1. The summed E-state index contributed by atoms with van der Waals surface area (Å²) in [5, 5.41) is 4.49. The number of hydrogen-bond donors (Lipinski definition) is 0. The van der Waals surface area contributed by atoms with Gasteiger partial charge in [-0.1, -0.05) is 25.7 Å². The molecule has 2 aliphatic rings. The lowest BCUT2D eigenvalue weighted by atomic mass is 9.95. The summed E-state index contributed by atoms with van der Waals surface area (Å²) < 4.78 is 3.22. The van der Waals surface area contributed by atoms with Crippen LogP contribution in [0.1, 0.15) is 83.0 Å². The number of aryl methyl sites for hydroxylation is 1. The number of likely N-dealkylation sites (tertiary alicyclic amines) is 1. The average Bonchev–Trinajstić information content (AvgIpc) is 3.21. The van der Waals surface area contributed by atoms with E-state index in [0.717, 1.165) is 37.5 Å². The van der Waals surface area contributed by atoms with Gasteiger partial charge in [-0.15, -0.1) is 0 Å². The van der Waals surface area contributed by atoms with Crippen molar-refractivity contribution in [2.75, 3.05) is 13.1 Å². The van der Waals surface area contributed by atoms with Crippen LogP contribution in [0.5, 0.6) is 0 Å². The van der Waals surface area contributed by atoms with E-state index in [9.17, 15) is 9.59 Å². The third-order valence-electron chi connectivity index (χ3n) is 5.88. The van der Waals surface area contributed by atoms with Crippen LogP contribution >= 0.6 is 0 Å². The Hall–Kier alpha value is -1.59. The number of nitrogens with zero attached hydrogens (tertiary/aromatic N) is 4. The zero-order valence-corrected chi connectivity index (χ0v) is 15.9. The Balaban J connectivity index is 1.66. The van der Waals surface area contributed by atoms with Crippen LogP contribution in [-0.4, -0.2) is 38.2 Å². The summed E-state index contributed by atoms with van der Waals surface area (Å²) in [5.41, 5.74) is -0.0605. The lowest BCUT2D eigenvalue weighted by Gasteiger charge is -2.33. The SMILES string of the molecule is CC(C)n1c(C2CCCN(C(=O)CCC3CCCC3)C2)nn(C)c1=O. The Labute approximate surface area is 150 Å². The molecule has 1 aromatic heterocycles. The van der Waals surface area contributed by atoms with Crippen molar-refractivity contribution in [1.82, 2.24) is 19.2 Å². The summed E-state index contributed by atoms with van der Waals surface area (Å²) in [6.45, 7) is 5.57. The fourth-order valence-electron chi connectivity index (χ4n) is 4.46. The highest BCUT2D eigenvalue weighted by Crippen LogP contribution is 2.30. The van der Waals surface area contributed by atoms with Gasteiger partial charge in [0.15, 0.2) is 0 Å².